The lowest BCUT2D eigenvalue weighted by Gasteiger charge is -2.27. The van der Waals surface area contributed by atoms with Crippen molar-refractivity contribution in [3.63, 3.8) is 0 Å². The van der Waals surface area contributed by atoms with Gasteiger partial charge in [-0.2, -0.15) is 0 Å². The predicted octanol–water partition coefficient (Wildman–Crippen LogP) is 3.15. The van der Waals surface area contributed by atoms with Gasteiger partial charge in [0, 0.05) is 18.1 Å². The molecule has 0 atom stereocenters. The van der Waals surface area contributed by atoms with Gasteiger partial charge in [-0.1, -0.05) is 35.9 Å². The van der Waals surface area contributed by atoms with Gasteiger partial charge in [0.1, 0.15) is 0 Å². The summed E-state index contributed by atoms with van der Waals surface area (Å²) in [6, 6.07) is 13.3. The SMILES string of the molecule is C=CCN(C)Cc1ccccc1N(CCO)S(=O)(=O)c1ccc(Cl)cc1. The first-order valence-corrected chi connectivity index (χ1v) is 9.98. The highest BCUT2D eigenvalue weighted by Gasteiger charge is 2.26. The molecule has 0 radical (unpaired) electrons. The highest BCUT2D eigenvalue weighted by Crippen LogP contribution is 2.28. The average Bonchev–Trinajstić information content (AvgIpc) is 2.61. The summed E-state index contributed by atoms with van der Waals surface area (Å²) in [5.74, 6) is 0. The Morgan fingerprint density at radius 3 is 2.42 bits per heavy atom. The van der Waals surface area contributed by atoms with Crippen molar-refractivity contribution in [3.05, 3.63) is 71.8 Å². The van der Waals surface area contributed by atoms with Crippen molar-refractivity contribution in [2.24, 2.45) is 0 Å². The number of aliphatic hydroxyl groups is 1. The molecule has 0 aliphatic carbocycles. The summed E-state index contributed by atoms with van der Waals surface area (Å²) in [4.78, 5) is 2.15. The molecule has 140 valence electrons. The van der Waals surface area contributed by atoms with Crippen LogP contribution in [0.15, 0.2) is 66.1 Å². The highest BCUT2D eigenvalue weighted by atomic mass is 35.5. The summed E-state index contributed by atoms with van der Waals surface area (Å²) in [6.45, 7) is 4.64. The molecule has 0 heterocycles. The third-order valence-corrected chi connectivity index (χ3v) is 5.93. The zero-order valence-corrected chi connectivity index (χ0v) is 16.2. The van der Waals surface area contributed by atoms with E-state index in [1.807, 2.05) is 24.1 Å². The normalized spacial score (nSPS) is 11.5. The number of rotatable bonds is 9. The molecular formula is C19H23ClN2O3S. The Balaban J connectivity index is 2.47. The van der Waals surface area contributed by atoms with Gasteiger partial charge in [-0.25, -0.2) is 8.42 Å². The monoisotopic (exact) mass is 394 g/mol. The van der Waals surface area contributed by atoms with E-state index in [1.54, 1.807) is 18.2 Å². The minimum Gasteiger partial charge on any atom is -0.394 e. The second-order valence-corrected chi connectivity index (χ2v) is 8.17. The third-order valence-electron chi connectivity index (χ3n) is 3.85. The standard InChI is InChI=1S/C19H23ClN2O3S/c1-3-12-21(2)15-16-6-4-5-7-19(16)22(13-14-23)26(24,25)18-10-8-17(20)9-11-18/h3-11,23H,1,12-15H2,2H3. The fraction of sp³-hybridized carbons (Fsp3) is 0.263. The van der Waals surface area contributed by atoms with E-state index in [0.29, 0.717) is 23.8 Å². The van der Waals surface area contributed by atoms with Crippen molar-refractivity contribution in [2.45, 2.75) is 11.4 Å². The smallest absolute Gasteiger partial charge is 0.264 e. The fourth-order valence-corrected chi connectivity index (χ4v) is 4.28. The minimum absolute atomic E-state index is 0.0346. The fourth-order valence-electron chi connectivity index (χ4n) is 2.66. The molecular weight excluding hydrogens is 372 g/mol. The van der Waals surface area contributed by atoms with Crippen LogP contribution in [-0.4, -0.2) is 45.2 Å². The van der Waals surface area contributed by atoms with Gasteiger partial charge in [0.2, 0.25) is 0 Å². The lowest BCUT2D eigenvalue weighted by atomic mass is 10.1. The molecule has 0 saturated carbocycles. The summed E-state index contributed by atoms with van der Waals surface area (Å²) in [5, 5.41) is 9.92. The Kier molecular flexibility index (Phi) is 7.23. The second kappa shape index (κ2) is 9.19. The number of halogens is 1. The van der Waals surface area contributed by atoms with Crippen molar-refractivity contribution >= 4 is 27.3 Å². The molecule has 0 unspecified atom stereocenters. The molecule has 7 heteroatoms. The lowest BCUT2D eigenvalue weighted by molar-refractivity contribution is 0.306. The molecule has 0 aromatic heterocycles. The second-order valence-electron chi connectivity index (χ2n) is 5.87. The molecule has 0 bridgehead atoms. The van der Waals surface area contributed by atoms with Crippen LogP contribution in [0, 0.1) is 0 Å². The van der Waals surface area contributed by atoms with Crippen LogP contribution in [0.5, 0.6) is 0 Å². The summed E-state index contributed by atoms with van der Waals surface area (Å²) in [5.41, 5.74) is 1.40. The first kappa shape index (κ1) is 20.5. The van der Waals surface area contributed by atoms with E-state index >= 15 is 0 Å². The van der Waals surface area contributed by atoms with Gasteiger partial charge in [0.25, 0.3) is 10.0 Å². The summed E-state index contributed by atoms with van der Waals surface area (Å²) in [7, 11) is -1.89. The van der Waals surface area contributed by atoms with Crippen LogP contribution in [0.25, 0.3) is 0 Å². The molecule has 1 N–H and O–H groups in total. The number of hydrogen-bond acceptors (Lipinski definition) is 4. The number of anilines is 1. The minimum atomic E-state index is -3.83. The maximum absolute atomic E-state index is 13.1. The van der Waals surface area contributed by atoms with E-state index in [1.165, 1.54) is 28.6 Å². The van der Waals surface area contributed by atoms with Crippen molar-refractivity contribution in [3.8, 4) is 0 Å². The zero-order chi connectivity index (χ0) is 19.2. The lowest BCUT2D eigenvalue weighted by Crippen LogP contribution is -2.35. The Hall–Kier alpha value is -1.86. The highest BCUT2D eigenvalue weighted by molar-refractivity contribution is 7.92. The van der Waals surface area contributed by atoms with Crippen LogP contribution in [0.4, 0.5) is 5.69 Å². The number of likely N-dealkylation sites (N-methyl/N-ethyl adjacent to an activating group) is 1. The van der Waals surface area contributed by atoms with Gasteiger partial charge < -0.3 is 5.11 Å². The van der Waals surface area contributed by atoms with Gasteiger partial charge >= 0.3 is 0 Å². The van der Waals surface area contributed by atoms with Crippen molar-refractivity contribution in [1.29, 1.82) is 0 Å². The van der Waals surface area contributed by atoms with Crippen molar-refractivity contribution in [2.75, 3.05) is 31.0 Å². The molecule has 0 fully saturated rings. The topological polar surface area (TPSA) is 60.9 Å². The van der Waals surface area contributed by atoms with Gasteiger partial charge in [0.05, 0.1) is 23.7 Å². The quantitative estimate of drug-likeness (QED) is 0.664. The number of nitrogens with zero attached hydrogens (tertiary/aromatic N) is 2. The molecule has 0 amide bonds. The van der Waals surface area contributed by atoms with E-state index < -0.39 is 10.0 Å². The molecule has 2 rings (SSSR count). The summed E-state index contributed by atoms with van der Waals surface area (Å²) >= 11 is 5.87. The molecule has 0 aliphatic rings. The van der Waals surface area contributed by atoms with Crippen molar-refractivity contribution in [1.82, 2.24) is 4.90 Å². The number of sulfonamides is 1. The summed E-state index contributed by atoms with van der Waals surface area (Å²) in [6.07, 6.45) is 1.79. The zero-order valence-electron chi connectivity index (χ0n) is 14.7. The van der Waals surface area contributed by atoms with Gasteiger partial charge in [-0.05, 0) is 42.9 Å². The molecule has 0 spiro atoms. The van der Waals surface area contributed by atoms with E-state index in [9.17, 15) is 13.5 Å². The first-order valence-electron chi connectivity index (χ1n) is 8.16. The molecule has 2 aromatic carbocycles. The number of aliphatic hydroxyl groups excluding tert-OH is 1. The van der Waals surface area contributed by atoms with E-state index in [-0.39, 0.29) is 18.0 Å². The van der Waals surface area contributed by atoms with Crippen LogP contribution in [0.1, 0.15) is 5.56 Å². The first-order chi connectivity index (χ1) is 12.4. The molecule has 5 nitrogen and oxygen atoms in total. The number of para-hydroxylation sites is 1. The Morgan fingerprint density at radius 2 is 1.81 bits per heavy atom. The molecule has 26 heavy (non-hydrogen) atoms. The third kappa shape index (κ3) is 4.86. The maximum atomic E-state index is 13.1. The van der Waals surface area contributed by atoms with Gasteiger partial charge in [-0.3, -0.25) is 9.21 Å². The van der Waals surface area contributed by atoms with E-state index in [4.69, 9.17) is 11.6 Å². The van der Waals surface area contributed by atoms with Crippen LogP contribution in [0.3, 0.4) is 0 Å². The Labute approximate surface area is 160 Å². The molecule has 0 saturated heterocycles. The largest absolute Gasteiger partial charge is 0.394 e. The van der Waals surface area contributed by atoms with Gasteiger partial charge in [0.15, 0.2) is 0 Å². The Morgan fingerprint density at radius 1 is 1.15 bits per heavy atom. The van der Waals surface area contributed by atoms with Crippen molar-refractivity contribution < 1.29 is 13.5 Å². The molecule has 2 aromatic rings. The molecule has 0 aliphatic heterocycles. The Bertz CT molecular complexity index is 838. The van der Waals surface area contributed by atoms with Crippen LogP contribution in [0.2, 0.25) is 5.02 Å². The maximum Gasteiger partial charge on any atom is 0.264 e. The number of benzene rings is 2. The van der Waals surface area contributed by atoms with Crippen LogP contribution in [-0.2, 0) is 16.6 Å². The average molecular weight is 395 g/mol. The van der Waals surface area contributed by atoms with E-state index in [0.717, 1.165) is 5.56 Å². The summed E-state index contributed by atoms with van der Waals surface area (Å²) < 4.78 is 27.5. The van der Waals surface area contributed by atoms with Crippen LogP contribution >= 0.6 is 11.6 Å². The predicted molar refractivity (Wildman–Crippen MR) is 106 cm³/mol. The van der Waals surface area contributed by atoms with E-state index in [2.05, 4.69) is 6.58 Å². The van der Waals surface area contributed by atoms with Gasteiger partial charge in [-0.15, -0.1) is 6.58 Å². The van der Waals surface area contributed by atoms with Crippen LogP contribution < -0.4 is 4.31 Å². The number of hydrogen-bond donors (Lipinski definition) is 1.